The van der Waals surface area contributed by atoms with Crippen molar-refractivity contribution in [2.45, 2.75) is 37.3 Å². The molecule has 0 bridgehead atoms. The Morgan fingerprint density at radius 1 is 1.26 bits per heavy atom. The molecule has 1 heterocycles. The molecule has 0 saturated heterocycles. The topological polar surface area (TPSA) is 101 Å². The molecule has 1 unspecified atom stereocenters. The van der Waals surface area contributed by atoms with Crippen molar-refractivity contribution in [1.29, 1.82) is 0 Å². The third-order valence-electron chi connectivity index (χ3n) is 3.61. The van der Waals surface area contributed by atoms with Crippen molar-refractivity contribution in [3.05, 3.63) is 40.7 Å². The Morgan fingerprint density at radius 2 is 1.87 bits per heavy atom. The van der Waals surface area contributed by atoms with E-state index >= 15 is 0 Å². The van der Waals surface area contributed by atoms with E-state index in [1.165, 1.54) is 0 Å². The molecule has 128 valence electrons. The first-order valence-electron chi connectivity index (χ1n) is 6.97. The van der Waals surface area contributed by atoms with Gasteiger partial charge in [-0.05, 0) is 24.1 Å². The van der Waals surface area contributed by atoms with E-state index in [1.807, 2.05) is 13.8 Å². The average molecular weight is 380 g/mol. The zero-order chi connectivity index (χ0) is 16.3. The van der Waals surface area contributed by atoms with E-state index in [-0.39, 0.29) is 41.2 Å². The number of hydrogen-bond donors (Lipinski definition) is 1. The number of aromatic nitrogens is 2. The Morgan fingerprint density at radius 3 is 2.43 bits per heavy atom. The molecule has 6 nitrogen and oxygen atoms in total. The molecule has 2 rings (SSSR count). The van der Waals surface area contributed by atoms with Gasteiger partial charge in [0.2, 0.25) is 9.84 Å². The van der Waals surface area contributed by atoms with Crippen LogP contribution in [0.5, 0.6) is 0 Å². The summed E-state index contributed by atoms with van der Waals surface area (Å²) in [5, 5.41) is 7.68. The van der Waals surface area contributed by atoms with Crippen molar-refractivity contribution in [2.75, 3.05) is 0 Å². The molecule has 0 aliphatic carbocycles. The molecule has 0 radical (unpaired) electrons. The van der Waals surface area contributed by atoms with Gasteiger partial charge in [-0.15, -0.1) is 5.10 Å². The Kier molecular flexibility index (Phi) is 7.01. The third-order valence-corrected chi connectivity index (χ3v) is 5.27. The smallest absolute Gasteiger partial charge is 0.336 e. The maximum absolute atomic E-state index is 12.3. The van der Waals surface area contributed by atoms with E-state index in [4.69, 9.17) is 16.0 Å². The predicted molar refractivity (Wildman–Crippen MR) is 81.7 cm³/mol. The summed E-state index contributed by atoms with van der Waals surface area (Å²) in [4.78, 5) is 0. The second-order valence-electron chi connectivity index (χ2n) is 5.28. The minimum absolute atomic E-state index is 0. The number of hydrogen-bond acceptors (Lipinski definition) is 5. The summed E-state index contributed by atoms with van der Waals surface area (Å²) in [6, 6.07) is 6.36. The predicted octanol–water partition coefficient (Wildman–Crippen LogP) is -0.970. The number of benzene rings is 1. The molecule has 2 aromatic rings. The van der Waals surface area contributed by atoms with E-state index in [1.54, 1.807) is 24.3 Å². The largest absolute Gasteiger partial charge is 1.00 e. The van der Waals surface area contributed by atoms with Gasteiger partial charge in [0.25, 0.3) is 5.89 Å². The second-order valence-corrected chi connectivity index (χ2v) is 7.59. The summed E-state index contributed by atoms with van der Waals surface area (Å²) in [5.41, 5.74) is 4.57. The molecular weight excluding hydrogens is 361 g/mol. The van der Waals surface area contributed by atoms with Gasteiger partial charge in [0, 0.05) is 10.9 Å². The van der Waals surface area contributed by atoms with Crippen molar-refractivity contribution in [1.82, 2.24) is 10.2 Å². The highest BCUT2D eigenvalue weighted by atomic mass is 35.5. The van der Waals surface area contributed by atoms with Gasteiger partial charge >= 0.3 is 5.22 Å². The molecule has 2 atom stereocenters. The zero-order valence-corrected chi connectivity index (χ0v) is 15.2. The van der Waals surface area contributed by atoms with E-state index < -0.39 is 9.84 Å². The van der Waals surface area contributed by atoms with Gasteiger partial charge in [0.1, 0.15) is 0 Å². The normalized spacial score (nSPS) is 14.1. The molecule has 0 fully saturated rings. The lowest BCUT2D eigenvalue weighted by molar-refractivity contribution is -0.444. The SMILES string of the molecule is CCC(C)[C@H]([NH3+])c1nnc(S(=O)(=O)Cc2ccc(Cl)cc2)o1.[Cl-]. The lowest BCUT2D eigenvalue weighted by atomic mass is 10.0. The van der Waals surface area contributed by atoms with Crippen LogP contribution in [0.4, 0.5) is 0 Å². The van der Waals surface area contributed by atoms with Crippen LogP contribution in [0.15, 0.2) is 33.9 Å². The molecule has 1 aromatic heterocycles. The minimum atomic E-state index is -3.68. The average Bonchev–Trinajstić information content (AvgIpc) is 2.98. The zero-order valence-electron chi connectivity index (χ0n) is 12.9. The van der Waals surface area contributed by atoms with Gasteiger partial charge in [-0.1, -0.05) is 42.7 Å². The number of rotatable bonds is 6. The molecule has 1 aromatic carbocycles. The van der Waals surface area contributed by atoms with Crippen LogP contribution >= 0.6 is 11.6 Å². The molecule has 0 saturated carbocycles. The van der Waals surface area contributed by atoms with Gasteiger partial charge in [0.05, 0.1) is 5.75 Å². The highest BCUT2D eigenvalue weighted by Crippen LogP contribution is 2.22. The maximum Gasteiger partial charge on any atom is 0.336 e. The van der Waals surface area contributed by atoms with Crippen LogP contribution in [-0.4, -0.2) is 18.6 Å². The highest BCUT2D eigenvalue weighted by Gasteiger charge is 2.28. The van der Waals surface area contributed by atoms with Crippen molar-refractivity contribution in [3.63, 3.8) is 0 Å². The first-order chi connectivity index (χ1) is 10.3. The summed E-state index contributed by atoms with van der Waals surface area (Å²) >= 11 is 5.78. The molecule has 0 amide bonds. The Hall–Kier alpha value is -1.15. The summed E-state index contributed by atoms with van der Waals surface area (Å²) in [7, 11) is -3.68. The molecule has 3 N–H and O–H groups in total. The van der Waals surface area contributed by atoms with Crippen molar-refractivity contribution in [3.8, 4) is 0 Å². The monoisotopic (exact) mass is 379 g/mol. The van der Waals surface area contributed by atoms with E-state index in [0.717, 1.165) is 6.42 Å². The number of nitrogens with zero attached hydrogens (tertiary/aromatic N) is 2. The summed E-state index contributed by atoms with van der Waals surface area (Å²) < 4.78 is 30.0. The van der Waals surface area contributed by atoms with Gasteiger partial charge in [0.15, 0.2) is 6.04 Å². The quantitative estimate of drug-likeness (QED) is 0.695. The fraction of sp³-hybridized carbons (Fsp3) is 0.429. The molecule has 9 heteroatoms. The number of halogens is 2. The van der Waals surface area contributed by atoms with Crippen molar-refractivity contribution in [2.24, 2.45) is 5.92 Å². The molecule has 0 aliphatic rings. The first kappa shape index (κ1) is 19.9. The summed E-state index contributed by atoms with van der Waals surface area (Å²) in [5.74, 6) is 0.271. The maximum atomic E-state index is 12.3. The van der Waals surface area contributed by atoms with Gasteiger partial charge in [-0.2, -0.15) is 0 Å². The van der Waals surface area contributed by atoms with Crippen molar-refractivity contribution >= 4 is 21.4 Å². The standard InChI is InChI=1S/C14H18ClN3O3S.ClH/c1-3-9(2)12(16)13-17-18-14(21-13)22(19,20)8-10-4-6-11(15)7-5-10;/h4-7,9,12H,3,8,16H2,1-2H3;1H/t9?,12-;/m0./s1. The second kappa shape index (κ2) is 8.10. The van der Waals surface area contributed by atoms with Gasteiger partial charge in [-0.3, -0.25) is 0 Å². The molecule has 0 aliphatic heterocycles. The Balaban J connectivity index is 0.00000264. The van der Waals surface area contributed by atoms with Crippen LogP contribution in [0.25, 0.3) is 0 Å². The fourth-order valence-corrected chi connectivity index (χ4v) is 3.14. The Bertz CT molecular complexity index is 732. The Labute approximate surface area is 146 Å². The number of sulfone groups is 1. The van der Waals surface area contributed by atoms with E-state index in [2.05, 4.69) is 15.9 Å². The van der Waals surface area contributed by atoms with Crippen LogP contribution in [0, 0.1) is 5.92 Å². The third kappa shape index (κ3) is 4.91. The number of quaternary nitrogens is 1. The minimum Gasteiger partial charge on any atom is -1.00 e. The van der Waals surface area contributed by atoms with E-state index in [9.17, 15) is 8.42 Å². The van der Waals surface area contributed by atoms with Crippen LogP contribution in [0.2, 0.25) is 5.02 Å². The first-order valence-corrected chi connectivity index (χ1v) is 9.00. The van der Waals surface area contributed by atoms with Gasteiger partial charge < -0.3 is 22.6 Å². The van der Waals surface area contributed by atoms with Crippen molar-refractivity contribution < 1.29 is 31.0 Å². The lowest BCUT2D eigenvalue weighted by Crippen LogP contribution is -3.00. The van der Waals surface area contributed by atoms with Crippen LogP contribution in [0.1, 0.15) is 37.8 Å². The van der Waals surface area contributed by atoms with Crippen LogP contribution in [0.3, 0.4) is 0 Å². The molecule has 0 spiro atoms. The lowest BCUT2D eigenvalue weighted by Gasteiger charge is -2.09. The highest BCUT2D eigenvalue weighted by molar-refractivity contribution is 7.90. The molecular formula is C14H19Cl2N3O3S. The van der Waals surface area contributed by atoms with Gasteiger partial charge in [-0.25, -0.2) is 8.42 Å². The summed E-state index contributed by atoms with van der Waals surface area (Å²) in [6.45, 7) is 4.03. The van der Waals surface area contributed by atoms with E-state index in [0.29, 0.717) is 10.6 Å². The fourth-order valence-electron chi connectivity index (χ4n) is 1.89. The van der Waals surface area contributed by atoms with Crippen LogP contribution < -0.4 is 18.1 Å². The molecule has 23 heavy (non-hydrogen) atoms. The van der Waals surface area contributed by atoms with Crippen LogP contribution in [-0.2, 0) is 15.6 Å². The summed E-state index contributed by atoms with van der Waals surface area (Å²) in [6.07, 6.45) is 0.892.